The van der Waals surface area contributed by atoms with E-state index >= 15 is 4.39 Å². The molecule has 0 aliphatic carbocycles. The van der Waals surface area contributed by atoms with E-state index < -0.39 is 21.1 Å². The van der Waals surface area contributed by atoms with Crippen LogP contribution in [0.15, 0.2) is 60.4 Å². The molecule has 2 fully saturated rings. The largest absolute Gasteiger partial charge is 0.392 e. The van der Waals surface area contributed by atoms with Gasteiger partial charge in [0.05, 0.1) is 18.8 Å². The molecule has 0 saturated carbocycles. The number of aliphatic hydroxyl groups excluding tert-OH is 1. The molecule has 0 aromatic heterocycles. The van der Waals surface area contributed by atoms with Gasteiger partial charge in [-0.3, -0.25) is 0 Å². The van der Waals surface area contributed by atoms with Gasteiger partial charge in [0, 0.05) is 43.1 Å². The van der Waals surface area contributed by atoms with Gasteiger partial charge in [0.2, 0.25) is 10.0 Å². The minimum absolute atomic E-state index is 0.0278. The van der Waals surface area contributed by atoms with Crippen LogP contribution in [0.1, 0.15) is 36.1 Å². The summed E-state index contributed by atoms with van der Waals surface area (Å²) in [5.41, 5.74) is 3.00. The molecule has 9 heteroatoms. The first-order valence-corrected chi connectivity index (χ1v) is 13.3. The maximum Gasteiger partial charge on any atom is 0.221 e. The summed E-state index contributed by atoms with van der Waals surface area (Å²) >= 11 is 0. The fourth-order valence-electron chi connectivity index (χ4n) is 5.26. The van der Waals surface area contributed by atoms with Crippen molar-refractivity contribution in [3.63, 3.8) is 0 Å². The number of anilines is 1. The number of hydrogen-bond donors (Lipinski definition) is 2. The standard InChI is InChI=1S/C25H31FN4O3S/c1-18-7-10-24(19-5-3-2-4-6-19)34(32,33)30(18)15-20-8-9-21(13-23(20)26)28-11-12-29-22(16-28)14-27-25(29)17-31/h2-6,8-9,13-14,18,24-25,27,31H,7,10-12,15-17H2,1H3/t18-,24?,25?/m0/s1. The van der Waals surface area contributed by atoms with E-state index in [1.807, 2.05) is 49.5 Å². The smallest absolute Gasteiger partial charge is 0.221 e. The minimum Gasteiger partial charge on any atom is -0.392 e. The molecule has 2 unspecified atom stereocenters. The quantitative estimate of drug-likeness (QED) is 0.677. The number of nitrogens with one attached hydrogen (secondary N) is 1. The van der Waals surface area contributed by atoms with Gasteiger partial charge in [0.15, 0.2) is 0 Å². The Morgan fingerprint density at radius 3 is 2.65 bits per heavy atom. The zero-order chi connectivity index (χ0) is 23.9. The molecule has 2 saturated heterocycles. The lowest BCUT2D eigenvalue weighted by molar-refractivity contribution is 0.149. The Labute approximate surface area is 200 Å². The zero-order valence-corrected chi connectivity index (χ0v) is 20.1. The van der Waals surface area contributed by atoms with Crippen LogP contribution >= 0.6 is 0 Å². The number of sulfonamides is 1. The van der Waals surface area contributed by atoms with Crippen LogP contribution in [0.2, 0.25) is 0 Å². The predicted octanol–water partition coefficient (Wildman–Crippen LogP) is 2.77. The summed E-state index contributed by atoms with van der Waals surface area (Å²) in [5, 5.41) is 12.0. The van der Waals surface area contributed by atoms with Crippen LogP contribution in [-0.4, -0.2) is 61.2 Å². The van der Waals surface area contributed by atoms with E-state index in [1.54, 1.807) is 6.07 Å². The lowest BCUT2D eigenvalue weighted by Crippen LogP contribution is -2.49. The number of halogens is 1. The zero-order valence-electron chi connectivity index (χ0n) is 19.3. The highest BCUT2D eigenvalue weighted by Gasteiger charge is 2.40. The van der Waals surface area contributed by atoms with Crippen molar-refractivity contribution in [2.24, 2.45) is 0 Å². The molecule has 3 aliphatic heterocycles. The highest BCUT2D eigenvalue weighted by atomic mass is 32.2. The molecule has 34 heavy (non-hydrogen) atoms. The molecule has 3 heterocycles. The van der Waals surface area contributed by atoms with Crippen molar-refractivity contribution in [2.45, 2.75) is 43.8 Å². The molecule has 7 nitrogen and oxygen atoms in total. The van der Waals surface area contributed by atoms with Crippen LogP contribution in [0, 0.1) is 5.82 Å². The van der Waals surface area contributed by atoms with E-state index in [9.17, 15) is 13.5 Å². The number of rotatable bonds is 5. The van der Waals surface area contributed by atoms with Crippen molar-refractivity contribution in [1.29, 1.82) is 0 Å². The molecule has 3 aliphatic rings. The molecule has 2 aromatic rings. The van der Waals surface area contributed by atoms with E-state index in [-0.39, 0.29) is 25.4 Å². The highest BCUT2D eigenvalue weighted by molar-refractivity contribution is 7.89. The SMILES string of the molecule is C[C@H]1CCC(c2ccccc2)S(=O)(=O)N1Cc1ccc(N2CCN3C(=CNC3CO)C2)cc1F. The minimum atomic E-state index is -3.61. The van der Waals surface area contributed by atoms with Gasteiger partial charge in [0.1, 0.15) is 17.2 Å². The lowest BCUT2D eigenvalue weighted by atomic mass is 10.0. The number of aliphatic hydroxyl groups is 1. The van der Waals surface area contributed by atoms with Gasteiger partial charge in [-0.2, -0.15) is 4.31 Å². The van der Waals surface area contributed by atoms with Crippen molar-refractivity contribution < 1.29 is 17.9 Å². The predicted molar refractivity (Wildman–Crippen MR) is 130 cm³/mol. The van der Waals surface area contributed by atoms with Crippen LogP contribution in [-0.2, 0) is 16.6 Å². The molecule has 182 valence electrons. The summed E-state index contributed by atoms with van der Waals surface area (Å²) in [6, 6.07) is 14.2. The summed E-state index contributed by atoms with van der Waals surface area (Å²) in [4.78, 5) is 4.23. The second-order valence-electron chi connectivity index (χ2n) is 9.31. The molecule has 2 aromatic carbocycles. The van der Waals surface area contributed by atoms with E-state index in [4.69, 9.17) is 0 Å². The normalized spacial score (nSPS) is 26.7. The lowest BCUT2D eigenvalue weighted by Gasteiger charge is -2.39. The van der Waals surface area contributed by atoms with Crippen molar-refractivity contribution in [3.8, 4) is 0 Å². The monoisotopic (exact) mass is 486 g/mol. The molecular weight excluding hydrogens is 455 g/mol. The van der Waals surface area contributed by atoms with Crippen molar-refractivity contribution in [2.75, 3.05) is 31.1 Å². The maximum absolute atomic E-state index is 15.2. The second-order valence-corrected chi connectivity index (χ2v) is 11.4. The van der Waals surface area contributed by atoms with E-state index in [0.29, 0.717) is 25.1 Å². The summed E-state index contributed by atoms with van der Waals surface area (Å²) in [5.74, 6) is -0.393. The third-order valence-electron chi connectivity index (χ3n) is 7.25. The van der Waals surface area contributed by atoms with Crippen molar-refractivity contribution in [3.05, 3.63) is 77.4 Å². The highest BCUT2D eigenvalue weighted by Crippen LogP contribution is 2.38. The number of piperazine rings is 1. The molecule has 0 radical (unpaired) electrons. The second kappa shape index (κ2) is 9.20. The van der Waals surface area contributed by atoms with Crippen LogP contribution < -0.4 is 10.2 Å². The molecular formula is C25H31FN4O3S. The van der Waals surface area contributed by atoms with Crippen molar-refractivity contribution >= 4 is 15.7 Å². The number of benzene rings is 2. The average molecular weight is 487 g/mol. The Kier molecular flexibility index (Phi) is 6.26. The Morgan fingerprint density at radius 2 is 1.91 bits per heavy atom. The summed E-state index contributed by atoms with van der Waals surface area (Å²) in [6.45, 7) is 4.03. The molecule has 0 bridgehead atoms. The van der Waals surface area contributed by atoms with Gasteiger partial charge < -0.3 is 20.2 Å². The van der Waals surface area contributed by atoms with Gasteiger partial charge in [-0.15, -0.1) is 0 Å². The van der Waals surface area contributed by atoms with Crippen LogP contribution in [0.3, 0.4) is 0 Å². The molecule has 3 atom stereocenters. The number of hydrogen-bond acceptors (Lipinski definition) is 6. The average Bonchev–Trinajstić information content (AvgIpc) is 3.25. The third-order valence-corrected chi connectivity index (χ3v) is 9.62. The van der Waals surface area contributed by atoms with Gasteiger partial charge in [-0.05, 0) is 37.5 Å². The molecule has 0 spiro atoms. The molecule has 5 rings (SSSR count). The Balaban J connectivity index is 1.33. The van der Waals surface area contributed by atoms with Gasteiger partial charge in [-0.1, -0.05) is 36.4 Å². The molecule has 2 N–H and O–H groups in total. The fraction of sp³-hybridized carbons (Fsp3) is 0.440. The van der Waals surface area contributed by atoms with Crippen LogP contribution in [0.25, 0.3) is 0 Å². The summed E-state index contributed by atoms with van der Waals surface area (Å²) in [7, 11) is -3.61. The first kappa shape index (κ1) is 23.1. The van der Waals surface area contributed by atoms with Crippen LogP contribution in [0.4, 0.5) is 10.1 Å². The summed E-state index contributed by atoms with van der Waals surface area (Å²) in [6.07, 6.45) is 3.12. The first-order chi connectivity index (χ1) is 16.4. The Hall–Kier alpha value is -2.62. The number of nitrogens with zero attached hydrogens (tertiary/aromatic N) is 3. The van der Waals surface area contributed by atoms with Gasteiger partial charge in [-0.25, -0.2) is 12.8 Å². The van der Waals surface area contributed by atoms with Gasteiger partial charge >= 0.3 is 0 Å². The van der Waals surface area contributed by atoms with E-state index in [0.717, 1.165) is 29.9 Å². The Morgan fingerprint density at radius 1 is 1.12 bits per heavy atom. The van der Waals surface area contributed by atoms with Gasteiger partial charge in [0.25, 0.3) is 0 Å². The number of fused-ring (bicyclic) bond motifs is 1. The third kappa shape index (κ3) is 4.16. The maximum atomic E-state index is 15.2. The fourth-order valence-corrected chi connectivity index (χ4v) is 7.44. The first-order valence-electron chi connectivity index (χ1n) is 11.8. The van der Waals surface area contributed by atoms with Crippen LogP contribution in [0.5, 0.6) is 0 Å². The topological polar surface area (TPSA) is 76.1 Å². The summed E-state index contributed by atoms with van der Waals surface area (Å²) < 4.78 is 43.6. The van der Waals surface area contributed by atoms with E-state index in [2.05, 4.69) is 15.1 Å². The van der Waals surface area contributed by atoms with Crippen molar-refractivity contribution in [1.82, 2.24) is 14.5 Å². The molecule has 0 amide bonds. The van der Waals surface area contributed by atoms with E-state index in [1.165, 1.54) is 10.4 Å². The Bertz CT molecular complexity index is 1170.